The predicted molar refractivity (Wildman–Crippen MR) is 120 cm³/mol. The second-order valence-electron chi connectivity index (χ2n) is 9.94. The van der Waals surface area contributed by atoms with Crippen LogP contribution in [0, 0.1) is 0 Å². The number of nitrogens with zero attached hydrogens (tertiary/aromatic N) is 3. The minimum Gasteiger partial charge on any atom is -0.379 e. The van der Waals surface area contributed by atoms with E-state index in [2.05, 4.69) is 73.6 Å². The number of hydrogen-bond donors (Lipinski definition) is 0. The molecule has 1 aliphatic heterocycles. The average molecular weight is 398 g/mol. The largest absolute Gasteiger partial charge is 0.379 e. The summed E-state index contributed by atoms with van der Waals surface area (Å²) in [6, 6.07) is 5.29. The Morgan fingerprint density at radius 3 is 2.57 bits per heavy atom. The summed E-state index contributed by atoms with van der Waals surface area (Å²) in [5, 5.41) is 1.57. The van der Waals surface area contributed by atoms with Crippen LogP contribution in [0.4, 0.5) is 0 Å². The molecule has 0 saturated carbocycles. The summed E-state index contributed by atoms with van der Waals surface area (Å²) in [6.45, 7) is 15.9. The molecule has 1 unspecified atom stereocenters. The van der Waals surface area contributed by atoms with Crippen LogP contribution in [0.2, 0.25) is 18.1 Å². The number of allylic oxidation sites excluding steroid dienone is 1. The van der Waals surface area contributed by atoms with Gasteiger partial charge < -0.3 is 8.97 Å². The summed E-state index contributed by atoms with van der Waals surface area (Å²) >= 11 is 0. The first-order valence-electron chi connectivity index (χ1n) is 10.8. The molecule has 0 bridgehead atoms. The summed E-state index contributed by atoms with van der Waals surface area (Å²) in [7, 11) is -1.65. The standard InChI is InChI=1S/C23H35N3OSi/c1-23(2,3)28(4,5)26-11-10-19-16-20(17-24-22(19)26)18-6-8-21(9-7-18)25-12-14-27-15-13-25/h6,10-11,16-17,21H,7-9,12-15H2,1-5H3. The molecule has 0 spiro atoms. The lowest BCUT2D eigenvalue weighted by molar-refractivity contribution is 0.0150. The average Bonchev–Trinajstić information content (AvgIpc) is 3.12. The van der Waals surface area contributed by atoms with Crippen LogP contribution in [-0.4, -0.2) is 54.7 Å². The Kier molecular flexibility index (Phi) is 5.27. The molecule has 4 nitrogen and oxygen atoms in total. The molecule has 3 heterocycles. The number of ether oxygens (including phenoxy) is 1. The first-order chi connectivity index (χ1) is 13.3. The fourth-order valence-electron chi connectivity index (χ4n) is 4.37. The molecule has 1 atom stereocenters. The van der Waals surface area contributed by atoms with Crippen molar-refractivity contribution in [1.29, 1.82) is 0 Å². The quantitative estimate of drug-likeness (QED) is 0.670. The summed E-state index contributed by atoms with van der Waals surface area (Å²) in [5.74, 6) is 0. The molecule has 0 radical (unpaired) electrons. The third-order valence-corrected chi connectivity index (χ3v) is 12.5. The van der Waals surface area contributed by atoms with Gasteiger partial charge in [-0.05, 0) is 53.8 Å². The highest BCUT2D eigenvalue weighted by molar-refractivity contribution is 6.79. The second kappa shape index (κ2) is 7.43. The SMILES string of the molecule is CC(C)(C)[Si](C)(C)n1ccc2cc(C3=CCC(N4CCOCC4)CC3)cnc21. The van der Waals surface area contributed by atoms with E-state index in [9.17, 15) is 0 Å². The molecule has 152 valence electrons. The van der Waals surface area contributed by atoms with Crippen molar-refractivity contribution in [2.45, 2.75) is 64.2 Å². The van der Waals surface area contributed by atoms with Gasteiger partial charge in [0.1, 0.15) is 5.65 Å². The van der Waals surface area contributed by atoms with Gasteiger partial charge in [0.2, 0.25) is 0 Å². The molecule has 1 fully saturated rings. The van der Waals surface area contributed by atoms with Gasteiger partial charge >= 0.3 is 0 Å². The van der Waals surface area contributed by atoms with Crippen molar-refractivity contribution in [3.05, 3.63) is 36.2 Å². The molecule has 2 aliphatic rings. The van der Waals surface area contributed by atoms with Crippen molar-refractivity contribution < 1.29 is 4.74 Å². The lowest BCUT2D eigenvalue weighted by Crippen LogP contribution is -2.45. The van der Waals surface area contributed by atoms with Gasteiger partial charge in [-0.1, -0.05) is 39.9 Å². The normalized spacial score (nSPS) is 22.5. The first-order valence-corrected chi connectivity index (χ1v) is 13.7. The predicted octanol–water partition coefficient (Wildman–Crippen LogP) is 5.16. The zero-order chi connectivity index (χ0) is 19.9. The molecular formula is C23H35N3OSi. The summed E-state index contributed by atoms with van der Waals surface area (Å²) < 4.78 is 7.99. The molecule has 0 N–H and O–H groups in total. The maximum absolute atomic E-state index is 5.50. The maximum atomic E-state index is 5.50. The van der Waals surface area contributed by atoms with Crippen LogP contribution < -0.4 is 0 Å². The van der Waals surface area contributed by atoms with E-state index >= 15 is 0 Å². The van der Waals surface area contributed by atoms with Crippen molar-refractivity contribution in [3.63, 3.8) is 0 Å². The number of rotatable bonds is 3. The zero-order valence-electron chi connectivity index (χ0n) is 18.2. The van der Waals surface area contributed by atoms with Crippen molar-refractivity contribution in [2.24, 2.45) is 0 Å². The Hall–Kier alpha value is -1.43. The van der Waals surface area contributed by atoms with Crippen molar-refractivity contribution in [1.82, 2.24) is 14.1 Å². The van der Waals surface area contributed by atoms with Crippen LogP contribution in [0.5, 0.6) is 0 Å². The van der Waals surface area contributed by atoms with Crippen molar-refractivity contribution in [3.8, 4) is 0 Å². The molecule has 0 aromatic carbocycles. The minimum absolute atomic E-state index is 0.291. The van der Waals surface area contributed by atoms with Gasteiger partial charge in [0.25, 0.3) is 0 Å². The van der Waals surface area contributed by atoms with Crippen LogP contribution in [0.1, 0.15) is 45.6 Å². The fraction of sp³-hybridized carbons (Fsp3) is 0.609. The van der Waals surface area contributed by atoms with E-state index in [1.54, 1.807) is 0 Å². The molecule has 5 heteroatoms. The van der Waals surface area contributed by atoms with Crippen molar-refractivity contribution in [2.75, 3.05) is 26.3 Å². The molecule has 2 aromatic rings. The lowest BCUT2D eigenvalue weighted by Gasteiger charge is -2.38. The number of morpholine rings is 1. The summed E-state index contributed by atoms with van der Waals surface area (Å²) in [5.41, 5.74) is 3.93. The summed E-state index contributed by atoms with van der Waals surface area (Å²) in [6.07, 6.45) is 10.4. The number of hydrogen-bond acceptors (Lipinski definition) is 3. The van der Waals surface area contributed by atoms with Gasteiger partial charge in [0.15, 0.2) is 8.24 Å². The summed E-state index contributed by atoms with van der Waals surface area (Å²) in [4.78, 5) is 7.54. The molecule has 2 aromatic heterocycles. The Balaban J connectivity index is 1.55. The van der Waals surface area contributed by atoms with Gasteiger partial charge in [-0.15, -0.1) is 0 Å². The lowest BCUT2D eigenvalue weighted by atomic mass is 9.90. The monoisotopic (exact) mass is 397 g/mol. The first kappa shape index (κ1) is 19.9. The van der Waals surface area contributed by atoms with Gasteiger partial charge in [-0.2, -0.15) is 0 Å². The van der Waals surface area contributed by atoms with E-state index in [1.807, 2.05) is 0 Å². The highest BCUT2D eigenvalue weighted by atomic mass is 28.3. The van der Waals surface area contributed by atoms with E-state index in [4.69, 9.17) is 9.72 Å². The molecule has 1 aliphatic carbocycles. The number of fused-ring (bicyclic) bond motifs is 1. The zero-order valence-corrected chi connectivity index (χ0v) is 19.2. The Labute approximate surface area is 170 Å². The van der Waals surface area contributed by atoms with Gasteiger partial charge in [0, 0.05) is 30.7 Å². The fourth-order valence-corrected chi connectivity index (χ4v) is 6.26. The van der Waals surface area contributed by atoms with Gasteiger partial charge in [0.05, 0.1) is 13.2 Å². The number of pyridine rings is 1. The Bertz CT molecular complexity index is 872. The van der Waals surface area contributed by atoms with Crippen LogP contribution in [0.3, 0.4) is 0 Å². The van der Waals surface area contributed by atoms with Gasteiger partial charge in [-0.25, -0.2) is 4.98 Å². The maximum Gasteiger partial charge on any atom is 0.163 e. The van der Waals surface area contributed by atoms with E-state index in [1.165, 1.54) is 22.9 Å². The van der Waals surface area contributed by atoms with E-state index in [0.29, 0.717) is 11.1 Å². The van der Waals surface area contributed by atoms with Crippen LogP contribution in [-0.2, 0) is 4.74 Å². The smallest absolute Gasteiger partial charge is 0.163 e. The van der Waals surface area contributed by atoms with E-state index < -0.39 is 8.24 Å². The molecular weight excluding hydrogens is 362 g/mol. The van der Waals surface area contributed by atoms with Gasteiger partial charge in [-0.3, -0.25) is 4.90 Å². The third kappa shape index (κ3) is 3.60. The van der Waals surface area contributed by atoms with E-state index in [0.717, 1.165) is 44.8 Å². The van der Waals surface area contributed by atoms with Crippen LogP contribution >= 0.6 is 0 Å². The highest BCUT2D eigenvalue weighted by Crippen LogP contribution is 2.39. The van der Waals surface area contributed by atoms with Crippen LogP contribution in [0.15, 0.2) is 30.6 Å². The Morgan fingerprint density at radius 1 is 1.18 bits per heavy atom. The molecule has 0 amide bonds. The van der Waals surface area contributed by atoms with Crippen molar-refractivity contribution >= 4 is 24.8 Å². The van der Waals surface area contributed by atoms with Crippen LogP contribution in [0.25, 0.3) is 16.6 Å². The third-order valence-electron chi connectivity index (χ3n) is 7.28. The Morgan fingerprint density at radius 2 is 1.93 bits per heavy atom. The molecule has 4 rings (SSSR count). The second-order valence-corrected chi connectivity index (χ2v) is 15.0. The number of aromatic nitrogens is 2. The molecule has 1 saturated heterocycles. The highest BCUT2D eigenvalue weighted by Gasteiger charge is 2.38. The minimum atomic E-state index is -1.65. The molecule has 28 heavy (non-hydrogen) atoms. The van der Waals surface area contributed by atoms with E-state index in [-0.39, 0.29) is 0 Å². The topological polar surface area (TPSA) is 30.3 Å².